The van der Waals surface area contributed by atoms with Gasteiger partial charge in [-0.05, 0) is 43.8 Å². The average molecular weight is 322 g/mol. The smallest absolute Gasteiger partial charge is 0.109 e. The average Bonchev–Trinajstić information content (AvgIpc) is 2.62. The molecule has 4 nitrogen and oxygen atoms in total. The van der Waals surface area contributed by atoms with Gasteiger partial charge in [0, 0.05) is 0 Å². The van der Waals surface area contributed by atoms with Gasteiger partial charge in [-0.3, -0.25) is 0 Å². The summed E-state index contributed by atoms with van der Waals surface area (Å²) >= 11 is 0. The fourth-order valence-corrected chi connectivity index (χ4v) is 3.79. The normalized spacial score (nSPS) is 19.8. The predicted octanol–water partition coefficient (Wildman–Crippen LogP) is 2.40. The molecule has 4 N–H and O–H groups in total. The lowest BCUT2D eigenvalue weighted by molar-refractivity contribution is 0.0455. The molecule has 0 amide bonds. The zero-order chi connectivity index (χ0) is 16.8. The van der Waals surface area contributed by atoms with Gasteiger partial charge >= 0.3 is 0 Å². The predicted molar refractivity (Wildman–Crippen MR) is 93.3 cm³/mol. The topological polar surface area (TPSA) is 80.9 Å². The highest BCUT2D eigenvalue weighted by Crippen LogP contribution is 2.41. The van der Waals surface area contributed by atoms with Crippen LogP contribution in [-0.4, -0.2) is 26.5 Å². The summed E-state index contributed by atoms with van der Waals surface area (Å²) in [6.07, 6.45) is 1.10. The lowest BCUT2D eigenvalue weighted by atomic mass is 9.81. The Bertz CT molecular complexity index is 974. The molecule has 0 fully saturated rings. The van der Waals surface area contributed by atoms with E-state index in [2.05, 4.69) is 0 Å². The number of rotatable bonds is 2. The monoisotopic (exact) mass is 322 g/mol. The van der Waals surface area contributed by atoms with Gasteiger partial charge in [-0.2, -0.15) is 0 Å². The number of hydrogen-bond donors (Lipinski definition) is 4. The van der Waals surface area contributed by atoms with Gasteiger partial charge < -0.3 is 20.4 Å². The Morgan fingerprint density at radius 2 is 1.58 bits per heavy atom. The van der Waals surface area contributed by atoms with Gasteiger partial charge in [-0.1, -0.05) is 48.6 Å². The Balaban J connectivity index is 2.25. The molecule has 122 valence electrons. The van der Waals surface area contributed by atoms with Gasteiger partial charge in [0.1, 0.15) is 12.2 Å². The molecule has 0 unspecified atom stereocenters. The Morgan fingerprint density at radius 3 is 2.33 bits per heavy atom. The van der Waals surface area contributed by atoms with Crippen LogP contribution in [0.3, 0.4) is 0 Å². The van der Waals surface area contributed by atoms with Crippen LogP contribution >= 0.6 is 0 Å². The van der Waals surface area contributed by atoms with E-state index in [9.17, 15) is 20.4 Å². The van der Waals surface area contributed by atoms with Crippen molar-refractivity contribution < 1.29 is 20.4 Å². The summed E-state index contributed by atoms with van der Waals surface area (Å²) in [4.78, 5) is 0. The largest absolute Gasteiger partial charge is 0.392 e. The molecule has 1 aliphatic carbocycles. The third kappa shape index (κ3) is 2.01. The number of fused-ring (bicyclic) bond motifs is 4. The van der Waals surface area contributed by atoms with E-state index in [1.54, 1.807) is 6.08 Å². The van der Waals surface area contributed by atoms with Crippen molar-refractivity contribution in [1.82, 2.24) is 0 Å². The van der Waals surface area contributed by atoms with E-state index in [4.69, 9.17) is 0 Å². The maximum atomic E-state index is 10.4. The minimum absolute atomic E-state index is 0.189. The maximum absolute atomic E-state index is 10.4. The van der Waals surface area contributed by atoms with Gasteiger partial charge in [0.15, 0.2) is 0 Å². The van der Waals surface area contributed by atoms with E-state index in [-0.39, 0.29) is 13.2 Å². The minimum atomic E-state index is -1.12. The van der Waals surface area contributed by atoms with Crippen molar-refractivity contribution in [2.24, 2.45) is 0 Å². The van der Waals surface area contributed by atoms with E-state index >= 15 is 0 Å². The van der Waals surface area contributed by atoms with Crippen LogP contribution in [0, 0.1) is 0 Å². The standard InChI is InChI=1S/C20H18O4/c21-9-15-14-7-8-17(23)20(24)19(14)16(10-22)13-6-5-11-3-1-2-4-12(11)18(13)15/h1-8,17,20-24H,9-10H2/t17-,20+/m1/s1. The Labute approximate surface area is 138 Å². The summed E-state index contributed by atoms with van der Waals surface area (Å²) in [7, 11) is 0. The molecule has 2 atom stereocenters. The highest BCUT2D eigenvalue weighted by atomic mass is 16.3. The van der Waals surface area contributed by atoms with Gasteiger partial charge in [-0.25, -0.2) is 0 Å². The SMILES string of the molecule is OCc1c2c(c(CO)c3c1ccc1ccccc13)C=C[C@@H](O)[C@@H]2O. The van der Waals surface area contributed by atoms with Crippen molar-refractivity contribution in [3.8, 4) is 0 Å². The molecule has 0 saturated heterocycles. The summed E-state index contributed by atoms with van der Waals surface area (Å²) in [5.41, 5.74) is 2.48. The first-order chi connectivity index (χ1) is 11.7. The molecule has 0 bridgehead atoms. The van der Waals surface area contributed by atoms with E-state index in [0.717, 1.165) is 21.5 Å². The fourth-order valence-electron chi connectivity index (χ4n) is 3.79. The number of aliphatic hydroxyl groups is 4. The summed E-state index contributed by atoms with van der Waals surface area (Å²) in [5.74, 6) is 0. The van der Waals surface area contributed by atoms with Crippen LogP contribution in [0.4, 0.5) is 0 Å². The molecule has 3 aromatic carbocycles. The highest BCUT2D eigenvalue weighted by Gasteiger charge is 2.29. The van der Waals surface area contributed by atoms with Crippen LogP contribution in [0.25, 0.3) is 27.6 Å². The third-order valence-corrected chi connectivity index (χ3v) is 4.89. The lowest BCUT2D eigenvalue weighted by Gasteiger charge is -2.28. The number of benzene rings is 3. The van der Waals surface area contributed by atoms with E-state index in [0.29, 0.717) is 22.3 Å². The van der Waals surface area contributed by atoms with Crippen LogP contribution in [-0.2, 0) is 13.2 Å². The first-order valence-electron chi connectivity index (χ1n) is 7.92. The Kier molecular flexibility index (Phi) is 3.62. The van der Waals surface area contributed by atoms with Crippen molar-refractivity contribution in [3.63, 3.8) is 0 Å². The van der Waals surface area contributed by atoms with Gasteiger partial charge in [-0.15, -0.1) is 0 Å². The molecular formula is C20H18O4. The molecule has 24 heavy (non-hydrogen) atoms. The summed E-state index contributed by atoms with van der Waals surface area (Å²) in [6, 6.07) is 11.8. The summed E-state index contributed by atoms with van der Waals surface area (Å²) in [6.45, 7) is -0.438. The van der Waals surface area contributed by atoms with Crippen LogP contribution in [0.5, 0.6) is 0 Å². The lowest BCUT2D eigenvalue weighted by Crippen LogP contribution is -2.22. The Hall–Kier alpha value is -2.24. The number of hydrogen-bond acceptors (Lipinski definition) is 4. The second-order valence-electron chi connectivity index (χ2n) is 6.10. The molecule has 1 aliphatic rings. The number of aliphatic hydroxyl groups excluding tert-OH is 4. The van der Waals surface area contributed by atoms with E-state index < -0.39 is 12.2 Å². The molecule has 0 aromatic heterocycles. The first kappa shape index (κ1) is 15.3. The maximum Gasteiger partial charge on any atom is 0.109 e. The summed E-state index contributed by atoms with van der Waals surface area (Å²) < 4.78 is 0. The van der Waals surface area contributed by atoms with Crippen molar-refractivity contribution in [1.29, 1.82) is 0 Å². The molecule has 0 spiro atoms. The first-order valence-corrected chi connectivity index (χ1v) is 7.92. The molecule has 0 heterocycles. The second kappa shape index (κ2) is 5.69. The van der Waals surface area contributed by atoms with Gasteiger partial charge in [0.25, 0.3) is 0 Å². The molecule has 3 aromatic rings. The zero-order valence-corrected chi connectivity index (χ0v) is 13.0. The van der Waals surface area contributed by atoms with E-state index in [1.807, 2.05) is 36.4 Å². The van der Waals surface area contributed by atoms with Crippen LogP contribution in [0.1, 0.15) is 28.4 Å². The minimum Gasteiger partial charge on any atom is -0.392 e. The summed E-state index contributed by atoms with van der Waals surface area (Å²) in [5, 5.41) is 44.1. The van der Waals surface area contributed by atoms with Crippen molar-refractivity contribution in [2.75, 3.05) is 0 Å². The van der Waals surface area contributed by atoms with Crippen LogP contribution in [0.15, 0.2) is 42.5 Å². The molecule has 0 saturated carbocycles. The zero-order valence-electron chi connectivity index (χ0n) is 13.0. The van der Waals surface area contributed by atoms with Crippen molar-refractivity contribution in [3.05, 3.63) is 64.7 Å². The quantitative estimate of drug-likeness (QED) is 0.546. The Morgan fingerprint density at radius 1 is 0.833 bits per heavy atom. The molecule has 4 rings (SSSR count). The van der Waals surface area contributed by atoms with E-state index in [1.165, 1.54) is 6.08 Å². The van der Waals surface area contributed by atoms with Gasteiger partial charge in [0.05, 0.1) is 13.2 Å². The molecule has 0 aliphatic heterocycles. The molecule has 4 heteroatoms. The fraction of sp³-hybridized carbons (Fsp3) is 0.200. The molecular weight excluding hydrogens is 304 g/mol. The van der Waals surface area contributed by atoms with Crippen LogP contribution < -0.4 is 0 Å². The van der Waals surface area contributed by atoms with Crippen LogP contribution in [0.2, 0.25) is 0 Å². The van der Waals surface area contributed by atoms with Crippen molar-refractivity contribution >= 4 is 27.6 Å². The van der Waals surface area contributed by atoms with Gasteiger partial charge in [0.2, 0.25) is 0 Å². The molecule has 0 radical (unpaired) electrons. The highest BCUT2D eigenvalue weighted by molar-refractivity contribution is 6.11. The second-order valence-corrected chi connectivity index (χ2v) is 6.10. The third-order valence-electron chi connectivity index (χ3n) is 4.89. The van der Waals surface area contributed by atoms with Crippen molar-refractivity contribution in [2.45, 2.75) is 25.4 Å².